The molecule has 0 spiro atoms. The maximum Gasteiger partial charge on any atom is 0.244 e. The molecule has 21 heavy (non-hydrogen) atoms. The Morgan fingerprint density at radius 1 is 1.24 bits per heavy atom. The summed E-state index contributed by atoms with van der Waals surface area (Å²) >= 11 is 0. The molecule has 0 unspecified atom stereocenters. The number of H-pyrrole nitrogens is 1. The fourth-order valence-electron chi connectivity index (χ4n) is 2.71. The van der Waals surface area contributed by atoms with Crippen LogP contribution >= 0.6 is 0 Å². The van der Waals surface area contributed by atoms with E-state index >= 15 is 0 Å². The average Bonchev–Trinajstić information content (AvgIpc) is 2.87. The van der Waals surface area contributed by atoms with Crippen LogP contribution < -0.4 is 5.73 Å². The second-order valence-electron chi connectivity index (χ2n) is 5.28. The molecule has 6 heteroatoms. The van der Waals surface area contributed by atoms with Crippen molar-refractivity contribution in [2.24, 2.45) is 5.73 Å². The number of nitrogens with one attached hydrogen (secondary N) is 1. The Morgan fingerprint density at radius 2 is 2.00 bits per heavy atom. The molecule has 0 aliphatic carbocycles. The van der Waals surface area contributed by atoms with Crippen molar-refractivity contribution >= 4 is 10.0 Å². The van der Waals surface area contributed by atoms with Crippen LogP contribution in [0, 0.1) is 0 Å². The number of aromatic nitrogens is 1. The number of hydrogen-bond acceptors (Lipinski definition) is 3. The molecule has 0 bridgehead atoms. The molecule has 0 radical (unpaired) electrons. The molecule has 112 valence electrons. The van der Waals surface area contributed by atoms with Gasteiger partial charge in [0.2, 0.25) is 10.0 Å². The molecule has 3 rings (SSSR count). The summed E-state index contributed by atoms with van der Waals surface area (Å²) in [4.78, 5) is 3.20. The lowest BCUT2D eigenvalue weighted by atomic mass is 10.0. The van der Waals surface area contributed by atoms with E-state index in [2.05, 4.69) is 11.1 Å². The fraction of sp³-hybridized carbons (Fsp3) is 0.333. The van der Waals surface area contributed by atoms with Crippen molar-refractivity contribution in [2.45, 2.75) is 30.8 Å². The minimum Gasteiger partial charge on any atom is -0.363 e. The molecule has 1 aromatic heterocycles. The number of benzene rings is 1. The van der Waals surface area contributed by atoms with Gasteiger partial charge in [0, 0.05) is 31.5 Å². The van der Waals surface area contributed by atoms with Gasteiger partial charge in [-0.1, -0.05) is 24.3 Å². The normalized spacial score (nSPS) is 16.4. The molecule has 0 atom stereocenters. The molecule has 3 N–H and O–H groups in total. The molecule has 2 aromatic rings. The zero-order chi connectivity index (χ0) is 14.9. The second kappa shape index (κ2) is 5.63. The highest BCUT2D eigenvalue weighted by Gasteiger charge is 2.27. The highest BCUT2D eigenvalue weighted by atomic mass is 32.2. The molecule has 0 saturated heterocycles. The third-order valence-electron chi connectivity index (χ3n) is 3.89. The first kappa shape index (κ1) is 14.3. The molecule has 2 heterocycles. The lowest BCUT2D eigenvalue weighted by molar-refractivity contribution is 0.410. The Balaban J connectivity index is 1.92. The summed E-state index contributed by atoms with van der Waals surface area (Å²) in [5.41, 5.74) is 8.59. The highest BCUT2D eigenvalue weighted by Crippen LogP contribution is 2.24. The summed E-state index contributed by atoms with van der Waals surface area (Å²) in [6.07, 6.45) is 3.28. The van der Waals surface area contributed by atoms with Crippen molar-refractivity contribution < 1.29 is 8.42 Å². The van der Waals surface area contributed by atoms with Crippen molar-refractivity contribution in [3.8, 4) is 0 Å². The van der Waals surface area contributed by atoms with E-state index in [1.54, 1.807) is 10.4 Å². The number of nitrogens with two attached hydrogens (primary N) is 1. The summed E-state index contributed by atoms with van der Waals surface area (Å²) in [6.45, 7) is 1.28. The maximum atomic E-state index is 12.7. The van der Waals surface area contributed by atoms with Gasteiger partial charge in [-0.15, -0.1) is 0 Å². The van der Waals surface area contributed by atoms with Crippen LogP contribution in [-0.4, -0.2) is 24.3 Å². The lowest BCUT2D eigenvalue weighted by Gasteiger charge is -2.19. The Hall–Kier alpha value is -1.63. The maximum absolute atomic E-state index is 12.7. The molecular formula is C15H19N3O2S. The number of aryl methyl sites for hydroxylation is 1. The van der Waals surface area contributed by atoms with Crippen LogP contribution in [0.25, 0.3) is 0 Å². The zero-order valence-corrected chi connectivity index (χ0v) is 12.6. The summed E-state index contributed by atoms with van der Waals surface area (Å²) in [5.74, 6) is 0. The van der Waals surface area contributed by atoms with E-state index in [-0.39, 0.29) is 0 Å². The monoisotopic (exact) mass is 305 g/mol. The molecule has 0 fully saturated rings. The van der Waals surface area contributed by atoms with Crippen molar-refractivity contribution in [3.05, 3.63) is 53.3 Å². The van der Waals surface area contributed by atoms with Crippen molar-refractivity contribution in [1.29, 1.82) is 0 Å². The van der Waals surface area contributed by atoms with E-state index in [0.717, 1.165) is 24.1 Å². The zero-order valence-electron chi connectivity index (χ0n) is 11.7. The van der Waals surface area contributed by atoms with Crippen LogP contribution in [0.3, 0.4) is 0 Å². The summed E-state index contributed by atoms with van der Waals surface area (Å²) in [5, 5.41) is 0. The van der Waals surface area contributed by atoms with Crippen LogP contribution in [0.2, 0.25) is 0 Å². The van der Waals surface area contributed by atoms with E-state index in [1.807, 2.05) is 18.2 Å². The Kier molecular flexibility index (Phi) is 3.84. The highest BCUT2D eigenvalue weighted by molar-refractivity contribution is 7.89. The van der Waals surface area contributed by atoms with E-state index in [1.165, 1.54) is 11.8 Å². The van der Waals surface area contributed by atoms with E-state index in [9.17, 15) is 8.42 Å². The predicted octanol–water partition coefficient (Wildman–Crippen LogP) is 1.61. The fourth-order valence-corrected chi connectivity index (χ4v) is 4.19. The number of nitrogens with zero attached hydrogens (tertiary/aromatic N) is 1. The van der Waals surface area contributed by atoms with Gasteiger partial charge in [0.25, 0.3) is 0 Å². The molecule has 0 saturated carbocycles. The summed E-state index contributed by atoms with van der Waals surface area (Å²) in [6, 6.07) is 9.66. The third kappa shape index (κ3) is 2.74. The van der Waals surface area contributed by atoms with Crippen molar-refractivity contribution in [2.75, 3.05) is 6.54 Å². The SMILES string of the molecule is NCc1cc(S(=O)(=O)N2CCCc3ccccc3C2)c[nH]1. The smallest absolute Gasteiger partial charge is 0.244 e. The predicted molar refractivity (Wildman–Crippen MR) is 81.0 cm³/mol. The van der Waals surface area contributed by atoms with Gasteiger partial charge in [-0.2, -0.15) is 4.31 Å². The largest absolute Gasteiger partial charge is 0.363 e. The number of aromatic amines is 1. The van der Waals surface area contributed by atoms with Crippen LogP contribution in [0.4, 0.5) is 0 Å². The van der Waals surface area contributed by atoms with Gasteiger partial charge < -0.3 is 10.7 Å². The van der Waals surface area contributed by atoms with Crippen LogP contribution in [0.1, 0.15) is 23.2 Å². The summed E-state index contributed by atoms with van der Waals surface area (Å²) in [7, 11) is -3.47. The van der Waals surface area contributed by atoms with Crippen molar-refractivity contribution in [3.63, 3.8) is 0 Å². The quantitative estimate of drug-likeness (QED) is 0.904. The van der Waals surface area contributed by atoms with Gasteiger partial charge in [-0.25, -0.2) is 8.42 Å². The molecule has 1 aromatic carbocycles. The standard InChI is InChI=1S/C15H19N3O2S/c16-9-14-8-15(10-17-14)21(19,20)18-7-3-6-12-4-1-2-5-13(12)11-18/h1-2,4-5,8,10,17H,3,6-7,9,11,16H2. The number of fused-ring (bicyclic) bond motifs is 1. The van der Waals surface area contributed by atoms with Crippen LogP contribution in [-0.2, 0) is 29.5 Å². The molecule has 1 aliphatic rings. The van der Waals surface area contributed by atoms with Crippen LogP contribution in [0.15, 0.2) is 41.4 Å². The second-order valence-corrected chi connectivity index (χ2v) is 7.21. The minimum absolute atomic E-state index is 0.294. The van der Waals surface area contributed by atoms with E-state index in [4.69, 9.17) is 5.73 Å². The van der Waals surface area contributed by atoms with Gasteiger partial charge in [-0.3, -0.25) is 0 Å². The Morgan fingerprint density at radius 3 is 2.71 bits per heavy atom. The van der Waals surface area contributed by atoms with Gasteiger partial charge in [0.05, 0.1) is 4.90 Å². The molecule has 5 nitrogen and oxygen atoms in total. The molecule has 0 amide bonds. The average molecular weight is 305 g/mol. The number of sulfonamides is 1. The molecular weight excluding hydrogens is 286 g/mol. The summed E-state index contributed by atoms with van der Waals surface area (Å²) < 4.78 is 27.0. The number of hydrogen-bond donors (Lipinski definition) is 2. The third-order valence-corrected chi connectivity index (χ3v) is 5.72. The van der Waals surface area contributed by atoms with Crippen molar-refractivity contribution in [1.82, 2.24) is 9.29 Å². The lowest BCUT2D eigenvalue weighted by Crippen LogP contribution is -2.30. The van der Waals surface area contributed by atoms with E-state index < -0.39 is 10.0 Å². The van der Waals surface area contributed by atoms with Gasteiger partial charge >= 0.3 is 0 Å². The first-order chi connectivity index (χ1) is 10.1. The van der Waals surface area contributed by atoms with E-state index in [0.29, 0.717) is 24.5 Å². The number of rotatable bonds is 3. The Labute approximate surface area is 124 Å². The van der Waals surface area contributed by atoms with Gasteiger partial charge in [0.15, 0.2) is 0 Å². The minimum atomic E-state index is -3.47. The van der Waals surface area contributed by atoms with Gasteiger partial charge in [-0.05, 0) is 30.0 Å². The topological polar surface area (TPSA) is 79.2 Å². The Bertz CT molecular complexity index is 737. The first-order valence-corrected chi connectivity index (χ1v) is 8.49. The van der Waals surface area contributed by atoms with Crippen LogP contribution in [0.5, 0.6) is 0 Å². The molecule has 1 aliphatic heterocycles. The first-order valence-electron chi connectivity index (χ1n) is 7.05. The van der Waals surface area contributed by atoms with Gasteiger partial charge in [0.1, 0.15) is 0 Å².